The van der Waals surface area contributed by atoms with Crippen molar-refractivity contribution < 1.29 is 9.59 Å². The van der Waals surface area contributed by atoms with Gasteiger partial charge in [0, 0.05) is 23.3 Å². The lowest BCUT2D eigenvalue weighted by Gasteiger charge is -2.22. The summed E-state index contributed by atoms with van der Waals surface area (Å²) in [5, 5.41) is 8.76. The van der Waals surface area contributed by atoms with Crippen LogP contribution >= 0.6 is 0 Å². The SMILES string of the molecule is CC[C@H](C)NC(=O)c1ccc(NC(=O)NC2CCCCC2)cc1. The molecule has 3 amide bonds. The molecule has 126 valence electrons. The minimum absolute atomic E-state index is 0.0856. The first-order valence-corrected chi connectivity index (χ1v) is 8.57. The summed E-state index contributed by atoms with van der Waals surface area (Å²) >= 11 is 0. The van der Waals surface area contributed by atoms with Crippen LogP contribution in [0.1, 0.15) is 62.7 Å². The summed E-state index contributed by atoms with van der Waals surface area (Å²) in [7, 11) is 0. The number of nitrogens with one attached hydrogen (secondary N) is 3. The van der Waals surface area contributed by atoms with Gasteiger partial charge in [0.1, 0.15) is 0 Å². The zero-order valence-corrected chi connectivity index (χ0v) is 14.0. The van der Waals surface area contributed by atoms with Gasteiger partial charge in [-0.05, 0) is 50.5 Å². The highest BCUT2D eigenvalue weighted by Crippen LogP contribution is 2.17. The Bertz CT molecular complexity index is 522. The lowest BCUT2D eigenvalue weighted by molar-refractivity contribution is 0.0939. The smallest absolute Gasteiger partial charge is 0.319 e. The summed E-state index contributed by atoms with van der Waals surface area (Å²) in [6.45, 7) is 4.01. The minimum atomic E-state index is -0.172. The van der Waals surface area contributed by atoms with Crippen molar-refractivity contribution in [1.29, 1.82) is 0 Å². The molecule has 1 atom stereocenters. The maximum absolute atomic E-state index is 12.0. The number of hydrogen-bond acceptors (Lipinski definition) is 2. The molecular formula is C18H27N3O2. The van der Waals surface area contributed by atoms with Gasteiger partial charge in [0.05, 0.1) is 0 Å². The van der Waals surface area contributed by atoms with Crippen LogP contribution in [0.5, 0.6) is 0 Å². The van der Waals surface area contributed by atoms with Gasteiger partial charge >= 0.3 is 6.03 Å². The van der Waals surface area contributed by atoms with Crippen LogP contribution in [0.4, 0.5) is 10.5 Å². The molecule has 5 nitrogen and oxygen atoms in total. The van der Waals surface area contributed by atoms with Crippen molar-refractivity contribution in [1.82, 2.24) is 10.6 Å². The van der Waals surface area contributed by atoms with Crippen molar-refractivity contribution in [2.45, 2.75) is 64.5 Å². The second-order valence-electron chi connectivity index (χ2n) is 6.29. The van der Waals surface area contributed by atoms with Crippen LogP contribution in [-0.4, -0.2) is 24.0 Å². The topological polar surface area (TPSA) is 70.2 Å². The van der Waals surface area contributed by atoms with Crippen LogP contribution in [0, 0.1) is 0 Å². The van der Waals surface area contributed by atoms with Gasteiger partial charge in [0.25, 0.3) is 5.91 Å². The van der Waals surface area contributed by atoms with Crippen LogP contribution in [0.15, 0.2) is 24.3 Å². The zero-order chi connectivity index (χ0) is 16.7. The third kappa shape index (κ3) is 5.58. The Hall–Kier alpha value is -2.04. The molecule has 1 aromatic carbocycles. The molecule has 0 spiro atoms. The van der Waals surface area contributed by atoms with E-state index in [4.69, 9.17) is 0 Å². The van der Waals surface area contributed by atoms with Crippen molar-refractivity contribution in [2.75, 3.05) is 5.32 Å². The molecule has 0 saturated heterocycles. The predicted octanol–water partition coefficient (Wildman–Crippen LogP) is 3.67. The molecule has 1 saturated carbocycles. The summed E-state index contributed by atoms with van der Waals surface area (Å²) in [5.74, 6) is -0.0856. The van der Waals surface area contributed by atoms with E-state index in [2.05, 4.69) is 16.0 Å². The number of anilines is 1. The van der Waals surface area contributed by atoms with Crippen molar-refractivity contribution in [2.24, 2.45) is 0 Å². The Kier molecular flexibility index (Phi) is 6.44. The van der Waals surface area contributed by atoms with Crippen molar-refractivity contribution in [3.05, 3.63) is 29.8 Å². The van der Waals surface area contributed by atoms with Gasteiger partial charge in [0.2, 0.25) is 0 Å². The molecule has 1 fully saturated rings. The summed E-state index contributed by atoms with van der Waals surface area (Å²) < 4.78 is 0. The summed E-state index contributed by atoms with van der Waals surface area (Å²) in [6.07, 6.45) is 6.65. The molecule has 0 radical (unpaired) electrons. The van der Waals surface area contributed by atoms with Gasteiger partial charge in [-0.1, -0.05) is 26.2 Å². The summed E-state index contributed by atoms with van der Waals surface area (Å²) in [5.41, 5.74) is 1.29. The Labute approximate surface area is 138 Å². The summed E-state index contributed by atoms with van der Waals surface area (Å²) in [6, 6.07) is 7.24. The number of hydrogen-bond donors (Lipinski definition) is 3. The van der Waals surface area contributed by atoms with E-state index in [0.717, 1.165) is 19.3 Å². The van der Waals surface area contributed by atoms with Crippen LogP contribution in [0.2, 0.25) is 0 Å². The molecular weight excluding hydrogens is 290 g/mol. The fourth-order valence-corrected chi connectivity index (χ4v) is 2.71. The molecule has 3 N–H and O–H groups in total. The normalized spacial score (nSPS) is 16.4. The first-order chi connectivity index (χ1) is 11.1. The van der Waals surface area contributed by atoms with E-state index in [1.165, 1.54) is 19.3 Å². The standard InChI is InChI=1S/C18H27N3O2/c1-3-13(2)19-17(22)14-9-11-16(12-10-14)21-18(23)20-15-7-5-4-6-8-15/h9-13,15H,3-8H2,1-2H3,(H,19,22)(H2,20,21,23)/t13-/m0/s1. The third-order valence-corrected chi connectivity index (χ3v) is 4.34. The molecule has 0 aromatic heterocycles. The van der Waals surface area contributed by atoms with E-state index in [-0.39, 0.29) is 24.0 Å². The zero-order valence-electron chi connectivity index (χ0n) is 14.0. The van der Waals surface area contributed by atoms with Gasteiger partial charge < -0.3 is 16.0 Å². The number of carbonyl (C=O) groups is 2. The number of carbonyl (C=O) groups excluding carboxylic acids is 2. The Morgan fingerprint density at radius 1 is 1.13 bits per heavy atom. The highest BCUT2D eigenvalue weighted by atomic mass is 16.2. The van der Waals surface area contributed by atoms with Crippen LogP contribution in [0.3, 0.4) is 0 Å². The first kappa shape index (κ1) is 17.3. The minimum Gasteiger partial charge on any atom is -0.350 e. The van der Waals surface area contributed by atoms with Crippen LogP contribution in [-0.2, 0) is 0 Å². The van der Waals surface area contributed by atoms with Crippen molar-refractivity contribution >= 4 is 17.6 Å². The summed E-state index contributed by atoms with van der Waals surface area (Å²) in [4.78, 5) is 24.0. The van der Waals surface area contributed by atoms with Gasteiger partial charge in [-0.2, -0.15) is 0 Å². The van der Waals surface area contributed by atoms with Gasteiger partial charge in [0.15, 0.2) is 0 Å². The van der Waals surface area contributed by atoms with E-state index < -0.39 is 0 Å². The molecule has 1 aliphatic carbocycles. The molecule has 23 heavy (non-hydrogen) atoms. The van der Waals surface area contributed by atoms with E-state index in [0.29, 0.717) is 11.3 Å². The number of urea groups is 1. The molecule has 0 heterocycles. The van der Waals surface area contributed by atoms with E-state index in [1.54, 1.807) is 24.3 Å². The first-order valence-electron chi connectivity index (χ1n) is 8.57. The van der Waals surface area contributed by atoms with E-state index in [9.17, 15) is 9.59 Å². The molecule has 0 bridgehead atoms. The number of benzene rings is 1. The van der Waals surface area contributed by atoms with Crippen LogP contribution in [0.25, 0.3) is 0 Å². The molecule has 5 heteroatoms. The van der Waals surface area contributed by atoms with Gasteiger partial charge in [-0.25, -0.2) is 4.79 Å². The highest BCUT2D eigenvalue weighted by Gasteiger charge is 2.15. The lowest BCUT2D eigenvalue weighted by atomic mass is 9.96. The maximum atomic E-state index is 12.0. The molecule has 1 aliphatic rings. The van der Waals surface area contributed by atoms with Gasteiger partial charge in [-0.3, -0.25) is 4.79 Å². The molecule has 0 unspecified atom stereocenters. The van der Waals surface area contributed by atoms with Crippen molar-refractivity contribution in [3.63, 3.8) is 0 Å². The maximum Gasteiger partial charge on any atom is 0.319 e. The fraction of sp³-hybridized carbons (Fsp3) is 0.556. The monoisotopic (exact) mass is 317 g/mol. The number of amides is 3. The average Bonchev–Trinajstić information content (AvgIpc) is 2.56. The number of rotatable bonds is 5. The Morgan fingerprint density at radius 3 is 2.39 bits per heavy atom. The van der Waals surface area contributed by atoms with Crippen LogP contribution < -0.4 is 16.0 Å². The second kappa shape index (κ2) is 8.56. The van der Waals surface area contributed by atoms with E-state index in [1.807, 2.05) is 13.8 Å². The predicted molar refractivity (Wildman–Crippen MR) is 92.7 cm³/mol. The molecule has 2 rings (SSSR count). The molecule has 1 aromatic rings. The largest absolute Gasteiger partial charge is 0.350 e. The Morgan fingerprint density at radius 2 is 1.78 bits per heavy atom. The fourth-order valence-electron chi connectivity index (χ4n) is 2.71. The Balaban J connectivity index is 1.84. The average molecular weight is 317 g/mol. The molecule has 0 aliphatic heterocycles. The van der Waals surface area contributed by atoms with E-state index >= 15 is 0 Å². The second-order valence-corrected chi connectivity index (χ2v) is 6.29. The van der Waals surface area contributed by atoms with Gasteiger partial charge in [-0.15, -0.1) is 0 Å². The third-order valence-electron chi connectivity index (χ3n) is 4.34. The lowest BCUT2D eigenvalue weighted by Crippen LogP contribution is -2.39. The highest BCUT2D eigenvalue weighted by molar-refractivity contribution is 5.95. The quantitative estimate of drug-likeness (QED) is 0.775. The van der Waals surface area contributed by atoms with Crippen molar-refractivity contribution in [3.8, 4) is 0 Å².